The lowest BCUT2D eigenvalue weighted by Crippen LogP contribution is -2.47. The van der Waals surface area contributed by atoms with Crippen molar-refractivity contribution in [1.82, 2.24) is 23.9 Å². The number of nitrogens with two attached hydrogens (primary N) is 1. The number of halogens is 3. The largest absolute Gasteiger partial charge is 0.417 e. The molecule has 15 heteroatoms. The number of aliphatic hydroxyl groups excluding tert-OH is 1. The SMILES string of the molecule is CS(=O)(=O)N1CCc2c(c(-c3ccc(C(F)(F)F)c(SCCN)c3)nn2CC(O)CN2CCC(N3CCCC3=O)CC2)C1. The maximum absolute atomic E-state index is 13.7. The molecule has 238 valence electrons. The van der Waals surface area contributed by atoms with Crippen molar-refractivity contribution in [2.75, 3.05) is 51.3 Å². The fourth-order valence-electron chi connectivity index (χ4n) is 6.35. The van der Waals surface area contributed by atoms with Gasteiger partial charge in [0.25, 0.3) is 0 Å². The van der Waals surface area contributed by atoms with E-state index in [-0.39, 0.29) is 43.0 Å². The lowest BCUT2D eigenvalue weighted by Gasteiger charge is -2.37. The van der Waals surface area contributed by atoms with E-state index in [4.69, 9.17) is 10.8 Å². The zero-order chi connectivity index (χ0) is 30.9. The lowest BCUT2D eigenvalue weighted by atomic mass is 10.0. The van der Waals surface area contributed by atoms with Gasteiger partial charge in [-0.3, -0.25) is 9.48 Å². The van der Waals surface area contributed by atoms with Crippen molar-refractivity contribution < 1.29 is 31.5 Å². The molecule has 0 spiro atoms. The predicted octanol–water partition coefficient (Wildman–Crippen LogP) is 2.39. The van der Waals surface area contributed by atoms with Gasteiger partial charge in [0.2, 0.25) is 15.9 Å². The van der Waals surface area contributed by atoms with Gasteiger partial charge in [-0.2, -0.15) is 22.6 Å². The van der Waals surface area contributed by atoms with Gasteiger partial charge in [-0.25, -0.2) is 8.42 Å². The number of rotatable bonds is 10. The molecule has 3 aliphatic heterocycles. The average molecular weight is 645 g/mol. The molecule has 0 bridgehead atoms. The summed E-state index contributed by atoms with van der Waals surface area (Å²) < 4.78 is 69.0. The first-order valence-corrected chi connectivity index (χ1v) is 17.5. The fourth-order valence-corrected chi connectivity index (χ4v) is 8.02. The number of amides is 1. The lowest BCUT2D eigenvalue weighted by molar-refractivity contribution is -0.139. The van der Waals surface area contributed by atoms with Gasteiger partial charge in [-0.05, 0) is 31.4 Å². The molecule has 0 saturated carbocycles. The second kappa shape index (κ2) is 13.1. The van der Waals surface area contributed by atoms with Crippen LogP contribution in [0.3, 0.4) is 0 Å². The molecule has 3 aliphatic rings. The van der Waals surface area contributed by atoms with Gasteiger partial charge in [0.1, 0.15) is 0 Å². The summed E-state index contributed by atoms with van der Waals surface area (Å²) in [6.07, 6.45) is -0.546. The predicted molar refractivity (Wildman–Crippen MR) is 158 cm³/mol. The smallest absolute Gasteiger partial charge is 0.390 e. The van der Waals surface area contributed by atoms with Crippen molar-refractivity contribution in [3.63, 3.8) is 0 Å². The van der Waals surface area contributed by atoms with E-state index in [9.17, 15) is 31.5 Å². The molecule has 2 saturated heterocycles. The Morgan fingerprint density at radius 2 is 1.88 bits per heavy atom. The van der Waals surface area contributed by atoms with E-state index in [1.165, 1.54) is 16.4 Å². The van der Waals surface area contributed by atoms with Crippen molar-refractivity contribution in [3.8, 4) is 11.3 Å². The number of aromatic nitrogens is 2. The summed E-state index contributed by atoms with van der Waals surface area (Å²) in [6, 6.07) is 4.10. The molecular weight excluding hydrogens is 605 g/mol. The topological polar surface area (TPSA) is 125 Å². The third-order valence-corrected chi connectivity index (χ3v) is 10.8. The Morgan fingerprint density at radius 3 is 2.51 bits per heavy atom. The minimum absolute atomic E-state index is 0.0357. The van der Waals surface area contributed by atoms with Crippen LogP contribution in [-0.4, -0.2) is 107 Å². The van der Waals surface area contributed by atoms with Crippen LogP contribution < -0.4 is 5.73 Å². The fraction of sp³-hybridized carbons (Fsp3) is 0.643. The molecule has 1 atom stereocenters. The number of hydrogen-bond donors (Lipinski definition) is 2. The number of likely N-dealkylation sites (tertiary alicyclic amines) is 2. The van der Waals surface area contributed by atoms with Crippen LogP contribution in [0.1, 0.15) is 42.5 Å². The first-order chi connectivity index (χ1) is 20.3. The van der Waals surface area contributed by atoms with E-state index >= 15 is 0 Å². The Kier molecular flexibility index (Phi) is 9.78. The number of hydrogen-bond acceptors (Lipinski definition) is 8. The molecule has 0 aliphatic carbocycles. The van der Waals surface area contributed by atoms with Crippen LogP contribution in [0, 0.1) is 0 Å². The number of sulfonamides is 1. The quantitative estimate of drug-likeness (QED) is 0.378. The number of aliphatic hydroxyl groups is 1. The van der Waals surface area contributed by atoms with E-state index in [0.29, 0.717) is 42.0 Å². The van der Waals surface area contributed by atoms with Crippen LogP contribution in [0.25, 0.3) is 11.3 Å². The molecule has 1 unspecified atom stereocenters. The number of carbonyl (C=O) groups is 1. The maximum Gasteiger partial charge on any atom is 0.417 e. The van der Waals surface area contributed by atoms with E-state index in [1.807, 2.05) is 4.90 Å². The third-order valence-electron chi connectivity index (χ3n) is 8.46. The summed E-state index contributed by atoms with van der Waals surface area (Å²) in [5.41, 5.74) is 7.08. The molecule has 2 fully saturated rings. The molecule has 43 heavy (non-hydrogen) atoms. The minimum Gasteiger partial charge on any atom is -0.390 e. The zero-order valence-electron chi connectivity index (χ0n) is 24.2. The highest BCUT2D eigenvalue weighted by molar-refractivity contribution is 7.99. The third kappa shape index (κ3) is 7.39. The van der Waals surface area contributed by atoms with Crippen molar-refractivity contribution in [2.45, 2.75) is 68.4 Å². The Balaban J connectivity index is 1.37. The average Bonchev–Trinajstić information content (AvgIpc) is 3.54. The highest BCUT2D eigenvalue weighted by Gasteiger charge is 2.35. The number of thioether (sulfide) groups is 1. The number of fused-ring (bicyclic) bond motifs is 1. The summed E-state index contributed by atoms with van der Waals surface area (Å²) in [6.45, 7) is 3.46. The standard InChI is InChI=1S/C28H39F3N6O4S2/c1-43(40,41)35-13-8-24-22(18-35)27(19-4-5-23(28(29,30)31)25(15-19)42-14-9-32)33-37(24)17-21(38)16-34-11-6-20(7-12-34)36-10-2-3-26(36)39/h4-5,15,20-21,38H,2-3,6-14,16-18,32H2,1H3. The summed E-state index contributed by atoms with van der Waals surface area (Å²) in [4.78, 5) is 16.3. The molecular formula is C28H39F3N6O4S2. The summed E-state index contributed by atoms with van der Waals surface area (Å²) >= 11 is 1.02. The highest BCUT2D eigenvalue weighted by Crippen LogP contribution is 2.40. The Bertz CT molecular complexity index is 1430. The van der Waals surface area contributed by atoms with E-state index < -0.39 is 27.9 Å². The monoisotopic (exact) mass is 644 g/mol. The summed E-state index contributed by atoms with van der Waals surface area (Å²) in [5, 5.41) is 15.8. The first-order valence-electron chi connectivity index (χ1n) is 14.6. The zero-order valence-corrected chi connectivity index (χ0v) is 25.9. The highest BCUT2D eigenvalue weighted by atomic mass is 32.2. The number of piperidine rings is 1. The molecule has 2 aromatic rings. The molecule has 3 N–H and O–H groups in total. The number of carbonyl (C=O) groups excluding carboxylic acids is 1. The van der Waals surface area contributed by atoms with Crippen molar-refractivity contribution in [2.24, 2.45) is 5.73 Å². The maximum atomic E-state index is 13.7. The molecule has 0 radical (unpaired) electrons. The Labute approximate surface area is 254 Å². The van der Waals surface area contributed by atoms with Gasteiger partial charge < -0.3 is 20.6 Å². The van der Waals surface area contributed by atoms with Gasteiger partial charge in [-0.15, -0.1) is 11.8 Å². The number of β-amino-alcohol motifs (C(OH)–C–C–N with tert-alkyl or cyclic N) is 1. The summed E-state index contributed by atoms with van der Waals surface area (Å²) in [7, 11) is -3.51. The van der Waals surface area contributed by atoms with Crippen LogP contribution in [0.5, 0.6) is 0 Å². The van der Waals surface area contributed by atoms with Gasteiger partial charge >= 0.3 is 6.18 Å². The molecule has 1 amide bonds. The molecule has 1 aromatic carbocycles. The molecule has 10 nitrogen and oxygen atoms in total. The number of benzene rings is 1. The van der Waals surface area contributed by atoms with Gasteiger partial charge in [-0.1, -0.05) is 6.07 Å². The van der Waals surface area contributed by atoms with Crippen molar-refractivity contribution in [1.29, 1.82) is 0 Å². The number of alkyl halides is 3. The van der Waals surface area contributed by atoms with Crippen molar-refractivity contribution >= 4 is 27.7 Å². The first kappa shape index (κ1) is 32.2. The van der Waals surface area contributed by atoms with Crippen molar-refractivity contribution in [3.05, 3.63) is 35.0 Å². The van der Waals surface area contributed by atoms with E-state index in [2.05, 4.69) is 4.90 Å². The molecule has 1 aromatic heterocycles. The van der Waals surface area contributed by atoms with Crippen LogP contribution in [0.15, 0.2) is 23.1 Å². The minimum atomic E-state index is -4.54. The Hall–Kier alpha value is -2.17. The van der Waals surface area contributed by atoms with E-state index in [0.717, 1.165) is 68.7 Å². The van der Waals surface area contributed by atoms with Gasteiger partial charge in [0.15, 0.2) is 0 Å². The normalized spacial score (nSPS) is 20.1. The molecule has 5 rings (SSSR count). The van der Waals surface area contributed by atoms with Crippen LogP contribution in [0.4, 0.5) is 13.2 Å². The van der Waals surface area contributed by atoms with Gasteiger partial charge in [0, 0.05) is 92.2 Å². The van der Waals surface area contributed by atoms with Crippen LogP contribution >= 0.6 is 11.8 Å². The van der Waals surface area contributed by atoms with E-state index in [1.54, 1.807) is 4.68 Å². The second-order valence-electron chi connectivity index (χ2n) is 11.5. The summed E-state index contributed by atoms with van der Waals surface area (Å²) in [5.74, 6) is 0.531. The number of nitrogens with zero attached hydrogens (tertiary/aromatic N) is 5. The van der Waals surface area contributed by atoms with Crippen LogP contribution in [-0.2, 0) is 40.5 Å². The molecule has 4 heterocycles. The van der Waals surface area contributed by atoms with Crippen LogP contribution in [0.2, 0.25) is 0 Å². The Morgan fingerprint density at radius 1 is 1.14 bits per heavy atom. The van der Waals surface area contributed by atoms with Gasteiger partial charge in [0.05, 0.1) is 30.2 Å². The second-order valence-corrected chi connectivity index (χ2v) is 14.6.